The van der Waals surface area contributed by atoms with Crippen molar-refractivity contribution in [1.82, 2.24) is 0 Å². The number of rotatable bonds is 4. The first-order chi connectivity index (χ1) is 12.0. The molecule has 0 amide bonds. The summed E-state index contributed by atoms with van der Waals surface area (Å²) >= 11 is 0. The Morgan fingerprint density at radius 3 is 2.56 bits per heavy atom. The molecule has 1 spiro atoms. The van der Waals surface area contributed by atoms with Gasteiger partial charge in [-0.3, -0.25) is 25.7 Å². The average molecular weight is 342 g/mol. The van der Waals surface area contributed by atoms with Crippen LogP contribution in [-0.4, -0.2) is 15.6 Å². The predicted molar refractivity (Wildman–Crippen MR) is 94.6 cm³/mol. The molecule has 0 saturated carbocycles. The summed E-state index contributed by atoms with van der Waals surface area (Å²) in [5.74, 6) is 0. The maximum atomic E-state index is 11.1. The van der Waals surface area contributed by atoms with Gasteiger partial charge >= 0.3 is 5.69 Å². The molecule has 130 valence electrons. The van der Waals surface area contributed by atoms with Crippen molar-refractivity contribution in [3.05, 3.63) is 62.7 Å². The van der Waals surface area contributed by atoms with Crippen molar-refractivity contribution >= 4 is 22.8 Å². The Bertz CT molecular complexity index is 800. The van der Waals surface area contributed by atoms with Gasteiger partial charge in [-0.15, -0.1) is 0 Å². The van der Waals surface area contributed by atoms with Crippen molar-refractivity contribution in [2.75, 3.05) is 5.43 Å². The van der Waals surface area contributed by atoms with E-state index < -0.39 is 9.85 Å². The van der Waals surface area contributed by atoms with Crippen LogP contribution in [-0.2, 0) is 0 Å². The fourth-order valence-corrected chi connectivity index (χ4v) is 3.21. The minimum absolute atomic E-state index is 0.136. The Labute approximate surface area is 144 Å². The molecule has 0 aliphatic heterocycles. The van der Waals surface area contributed by atoms with E-state index in [-0.39, 0.29) is 22.5 Å². The van der Waals surface area contributed by atoms with E-state index in [2.05, 4.69) is 28.8 Å². The topological polar surface area (TPSA) is 111 Å². The van der Waals surface area contributed by atoms with Crippen LogP contribution in [0.25, 0.3) is 0 Å². The number of hydrogen-bond acceptors (Lipinski definition) is 6. The van der Waals surface area contributed by atoms with E-state index in [1.165, 1.54) is 12.1 Å². The van der Waals surface area contributed by atoms with Gasteiger partial charge in [-0.2, -0.15) is 5.10 Å². The molecule has 25 heavy (non-hydrogen) atoms. The Morgan fingerprint density at radius 2 is 1.96 bits per heavy atom. The van der Waals surface area contributed by atoms with E-state index in [0.717, 1.165) is 43.9 Å². The highest BCUT2D eigenvalue weighted by Crippen LogP contribution is 2.41. The normalized spacial score (nSPS) is 23.8. The average Bonchev–Trinajstić information content (AvgIpc) is 2.62. The van der Waals surface area contributed by atoms with Gasteiger partial charge in [0.25, 0.3) is 5.69 Å². The van der Waals surface area contributed by atoms with Crippen LogP contribution in [0.5, 0.6) is 0 Å². The van der Waals surface area contributed by atoms with Crippen LogP contribution in [0.2, 0.25) is 0 Å². The van der Waals surface area contributed by atoms with E-state index in [9.17, 15) is 20.2 Å². The first kappa shape index (κ1) is 16.8. The monoisotopic (exact) mass is 342 g/mol. The van der Waals surface area contributed by atoms with Gasteiger partial charge in [-0.05, 0) is 49.7 Å². The minimum Gasteiger partial charge on any atom is -0.271 e. The van der Waals surface area contributed by atoms with E-state index in [1.807, 2.05) is 6.08 Å². The summed E-state index contributed by atoms with van der Waals surface area (Å²) in [6.45, 7) is 0. The van der Waals surface area contributed by atoms with Crippen molar-refractivity contribution < 1.29 is 9.85 Å². The van der Waals surface area contributed by atoms with Crippen molar-refractivity contribution in [2.24, 2.45) is 10.5 Å². The predicted octanol–water partition coefficient (Wildman–Crippen LogP) is 4.35. The lowest BCUT2D eigenvalue weighted by Gasteiger charge is -2.34. The van der Waals surface area contributed by atoms with Crippen LogP contribution in [0, 0.1) is 25.6 Å². The smallest absolute Gasteiger partial charge is 0.271 e. The highest BCUT2D eigenvalue weighted by molar-refractivity contribution is 5.96. The lowest BCUT2D eigenvalue weighted by Crippen LogP contribution is -2.24. The largest absolute Gasteiger partial charge is 0.301 e. The van der Waals surface area contributed by atoms with Crippen LogP contribution in [0.15, 0.2) is 47.6 Å². The second-order valence-corrected chi connectivity index (χ2v) is 6.34. The molecule has 1 aromatic rings. The maximum absolute atomic E-state index is 11.1. The summed E-state index contributed by atoms with van der Waals surface area (Å²) in [6.07, 6.45) is 13.6. The van der Waals surface area contributed by atoms with Gasteiger partial charge in [-0.25, -0.2) is 0 Å². The lowest BCUT2D eigenvalue weighted by atomic mass is 9.71. The Balaban J connectivity index is 1.76. The van der Waals surface area contributed by atoms with Gasteiger partial charge in [0.15, 0.2) is 0 Å². The van der Waals surface area contributed by atoms with Crippen LogP contribution in [0.1, 0.15) is 32.1 Å². The summed E-state index contributed by atoms with van der Waals surface area (Å²) < 4.78 is 0. The molecule has 0 bridgehead atoms. The fourth-order valence-electron chi connectivity index (χ4n) is 3.21. The Morgan fingerprint density at radius 1 is 1.12 bits per heavy atom. The van der Waals surface area contributed by atoms with E-state index in [4.69, 9.17) is 0 Å². The second kappa shape index (κ2) is 6.84. The van der Waals surface area contributed by atoms with Crippen LogP contribution < -0.4 is 5.43 Å². The quantitative estimate of drug-likeness (QED) is 0.497. The molecular weight excluding hydrogens is 324 g/mol. The van der Waals surface area contributed by atoms with Crippen molar-refractivity contribution in [3.63, 3.8) is 0 Å². The van der Waals surface area contributed by atoms with Crippen LogP contribution in [0.3, 0.4) is 0 Å². The molecule has 0 saturated heterocycles. The zero-order valence-electron chi connectivity index (χ0n) is 13.6. The summed E-state index contributed by atoms with van der Waals surface area (Å²) in [4.78, 5) is 20.6. The van der Waals surface area contributed by atoms with E-state index >= 15 is 0 Å². The molecule has 8 heteroatoms. The summed E-state index contributed by atoms with van der Waals surface area (Å²) in [6, 6.07) is 3.46. The minimum atomic E-state index is -0.662. The van der Waals surface area contributed by atoms with Gasteiger partial charge < -0.3 is 0 Å². The zero-order valence-corrected chi connectivity index (χ0v) is 13.6. The molecule has 2 aliphatic rings. The SMILES string of the molecule is O=[N+]([O-])c1ccc(NN=C2C=CC3(CC=CCC3)CC2)c([N+](=O)[O-])c1. The van der Waals surface area contributed by atoms with Crippen LogP contribution in [0.4, 0.5) is 17.1 Å². The number of allylic oxidation sites excluding steroid dienone is 4. The Kier molecular flexibility index (Phi) is 4.60. The lowest BCUT2D eigenvalue weighted by molar-refractivity contribution is -0.393. The highest BCUT2D eigenvalue weighted by atomic mass is 16.6. The van der Waals surface area contributed by atoms with Gasteiger partial charge in [0, 0.05) is 6.07 Å². The van der Waals surface area contributed by atoms with Gasteiger partial charge in [-0.1, -0.05) is 18.2 Å². The molecule has 0 radical (unpaired) electrons. The molecule has 0 heterocycles. The third kappa shape index (κ3) is 3.73. The number of non-ortho nitro benzene ring substituents is 1. The molecular formula is C17H18N4O4. The third-order valence-electron chi connectivity index (χ3n) is 4.72. The summed E-state index contributed by atoms with van der Waals surface area (Å²) in [5.41, 5.74) is 3.15. The first-order valence-electron chi connectivity index (χ1n) is 8.09. The number of nitro groups is 2. The van der Waals surface area contributed by atoms with Crippen LogP contribution >= 0.6 is 0 Å². The number of hydrazone groups is 1. The van der Waals surface area contributed by atoms with Crippen molar-refractivity contribution in [1.29, 1.82) is 0 Å². The van der Waals surface area contributed by atoms with Crippen molar-refractivity contribution in [2.45, 2.75) is 32.1 Å². The number of anilines is 1. The maximum Gasteiger partial charge on any atom is 0.301 e. The molecule has 8 nitrogen and oxygen atoms in total. The number of nitrogens with one attached hydrogen (secondary N) is 1. The standard InChI is InChI=1S/C17H18N4O4/c22-20(23)14-4-5-15(16(12-14)21(24)25)19-18-13-6-10-17(11-7-13)8-2-1-3-9-17/h1-2,4-6,10,12,19H,3,7-9,11H2. The third-order valence-corrected chi connectivity index (χ3v) is 4.72. The van der Waals surface area contributed by atoms with Gasteiger partial charge in [0.05, 0.1) is 21.6 Å². The first-order valence-corrected chi connectivity index (χ1v) is 8.09. The molecule has 2 aliphatic carbocycles. The molecule has 0 fully saturated rings. The summed E-state index contributed by atoms with van der Waals surface area (Å²) in [7, 11) is 0. The molecule has 0 aromatic heterocycles. The number of nitro benzene ring substituents is 2. The fraction of sp³-hybridized carbons (Fsp3) is 0.353. The molecule has 1 unspecified atom stereocenters. The number of hydrogen-bond donors (Lipinski definition) is 1. The molecule has 3 rings (SSSR count). The van der Waals surface area contributed by atoms with E-state index in [0.29, 0.717) is 0 Å². The van der Waals surface area contributed by atoms with E-state index in [1.54, 1.807) is 0 Å². The number of nitrogens with zero attached hydrogens (tertiary/aromatic N) is 3. The zero-order chi connectivity index (χ0) is 17.9. The molecule has 1 atom stereocenters. The van der Waals surface area contributed by atoms with Crippen molar-refractivity contribution in [3.8, 4) is 0 Å². The molecule has 1 N–H and O–H groups in total. The second-order valence-electron chi connectivity index (χ2n) is 6.34. The van der Waals surface area contributed by atoms with Gasteiger partial charge in [0.1, 0.15) is 5.69 Å². The number of benzene rings is 1. The Hall–Kier alpha value is -3.03. The molecule has 1 aromatic carbocycles. The summed E-state index contributed by atoms with van der Waals surface area (Å²) in [5, 5.41) is 26.1. The highest BCUT2D eigenvalue weighted by Gasteiger charge is 2.30. The van der Waals surface area contributed by atoms with Gasteiger partial charge in [0.2, 0.25) is 0 Å².